The lowest BCUT2D eigenvalue weighted by molar-refractivity contribution is -0.165. The summed E-state index contributed by atoms with van der Waals surface area (Å²) < 4.78 is 14.0. The number of carbonyl (C=O) groups is 1. The van der Waals surface area contributed by atoms with Crippen LogP contribution in [0.2, 0.25) is 0 Å². The van der Waals surface area contributed by atoms with E-state index in [1.807, 2.05) is 0 Å². The molecule has 0 aliphatic heterocycles. The zero-order valence-corrected chi connectivity index (χ0v) is 10.4. The standard InChI is InChI=1S/C10H10BrFN2O2/c1-14(16-2)10(15)8(12)5-7-3-4-9(11)13-6-7/h3-6H,1-2H3/b8-5-. The van der Waals surface area contributed by atoms with Crippen molar-refractivity contribution in [2.45, 2.75) is 0 Å². The number of rotatable bonds is 3. The zero-order chi connectivity index (χ0) is 12.1. The maximum atomic E-state index is 13.4. The van der Waals surface area contributed by atoms with Gasteiger partial charge in [0.15, 0.2) is 5.83 Å². The Morgan fingerprint density at radius 2 is 2.31 bits per heavy atom. The summed E-state index contributed by atoms with van der Waals surface area (Å²) in [5.41, 5.74) is 0.499. The minimum absolute atomic E-state index is 0.499. The molecule has 0 aliphatic rings. The van der Waals surface area contributed by atoms with Crippen molar-refractivity contribution in [1.82, 2.24) is 10.0 Å². The van der Waals surface area contributed by atoms with Crippen LogP contribution >= 0.6 is 15.9 Å². The molecule has 0 atom stereocenters. The van der Waals surface area contributed by atoms with E-state index in [4.69, 9.17) is 0 Å². The summed E-state index contributed by atoms with van der Waals surface area (Å²) in [7, 11) is 2.61. The minimum Gasteiger partial charge on any atom is -0.274 e. The molecule has 0 aromatic carbocycles. The minimum atomic E-state index is -0.909. The van der Waals surface area contributed by atoms with E-state index in [0.29, 0.717) is 10.2 Å². The normalized spacial score (nSPS) is 11.4. The van der Waals surface area contributed by atoms with Gasteiger partial charge in [-0.15, -0.1) is 0 Å². The van der Waals surface area contributed by atoms with Gasteiger partial charge in [0, 0.05) is 13.2 Å². The first-order chi connectivity index (χ1) is 7.54. The number of nitrogens with zero attached hydrogens (tertiary/aromatic N) is 2. The third kappa shape index (κ3) is 3.39. The van der Waals surface area contributed by atoms with E-state index >= 15 is 0 Å². The first-order valence-electron chi connectivity index (χ1n) is 4.35. The molecule has 0 fully saturated rings. The van der Waals surface area contributed by atoms with Crippen LogP contribution < -0.4 is 0 Å². The second-order valence-corrected chi connectivity index (χ2v) is 3.70. The third-order valence-electron chi connectivity index (χ3n) is 1.81. The highest BCUT2D eigenvalue weighted by molar-refractivity contribution is 9.10. The number of likely N-dealkylation sites (N-methyl/N-ethyl adjacent to an activating group) is 1. The number of hydrogen-bond donors (Lipinski definition) is 0. The first kappa shape index (κ1) is 12.8. The molecule has 0 N–H and O–H groups in total. The SMILES string of the molecule is CON(C)C(=O)/C(F)=C/c1ccc(Br)nc1. The van der Waals surface area contributed by atoms with Gasteiger partial charge in [-0.2, -0.15) is 0 Å². The van der Waals surface area contributed by atoms with Crippen molar-refractivity contribution < 1.29 is 14.0 Å². The Hall–Kier alpha value is -1.27. The van der Waals surface area contributed by atoms with Crippen LogP contribution in [0.4, 0.5) is 4.39 Å². The van der Waals surface area contributed by atoms with E-state index in [0.717, 1.165) is 11.1 Å². The quantitative estimate of drug-likeness (QED) is 0.486. The van der Waals surface area contributed by atoms with E-state index in [1.54, 1.807) is 12.1 Å². The lowest BCUT2D eigenvalue weighted by atomic mass is 10.2. The molecular weight excluding hydrogens is 279 g/mol. The summed E-state index contributed by atoms with van der Waals surface area (Å²) in [4.78, 5) is 19.7. The van der Waals surface area contributed by atoms with Gasteiger partial charge in [0.2, 0.25) is 0 Å². The van der Waals surface area contributed by atoms with Gasteiger partial charge in [-0.25, -0.2) is 14.4 Å². The highest BCUT2D eigenvalue weighted by Gasteiger charge is 2.13. The molecular formula is C10H10BrFN2O2. The van der Waals surface area contributed by atoms with E-state index in [-0.39, 0.29) is 0 Å². The van der Waals surface area contributed by atoms with Crippen molar-refractivity contribution >= 4 is 27.9 Å². The molecule has 0 saturated heterocycles. The lowest BCUT2D eigenvalue weighted by Crippen LogP contribution is -2.25. The van der Waals surface area contributed by atoms with E-state index in [1.165, 1.54) is 20.4 Å². The number of hydroxylamine groups is 2. The number of pyridine rings is 1. The van der Waals surface area contributed by atoms with Crippen LogP contribution in [0.15, 0.2) is 28.8 Å². The maximum Gasteiger partial charge on any atom is 0.305 e. The van der Waals surface area contributed by atoms with Crippen molar-refractivity contribution in [1.29, 1.82) is 0 Å². The van der Waals surface area contributed by atoms with Crippen molar-refractivity contribution in [3.63, 3.8) is 0 Å². The Balaban J connectivity index is 2.84. The van der Waals surface area contributed by atoms with Crippen LogP contribution in [0.5, 0.6) is 0 Å². The molecule has 0 radical (unpaired) electrons. The summed E-state index contributed by atoms with van der Waals surface area (Å²) in [6, 6.07) is 3.29. The second kappa shape index (κ2) is 5.72. The van der Waals surface area contributed by atoms with Gasteiger partial charge < -0.3 is 0 Å². The molecule has 16 heavy (non-hydrogen) atoms. The number of amides is 1. The summed E-state index contributed by atoms with van der Waals surface area (Å²) >= 11 is 3.15. The summed E-state index contributed by atoms with van der Waals surface area (Å²) in [5, 5.41) is 0.804. The average molecular weight is 289 g/mol. The Morgan fingerprint density at radius 3 is 2.81 bits per heavy atom. The van der Waals surface area contributed by atoms with Gasteiger partial charge in [0.25, 0.3) is 0 Å². The smallest absolute Gasteiger partial charge is 0.274 e. The molecule has 1 rings (SSSR count). The van der Waals surface area contributed by atoms with Gasteiger partial charge in [-0.3, -0.25) is 9.63 Å². The largest absolute Gasteiger partial charge is 0.305 e. The number of halogens is 2. The molecule has 4 nitrogen and oxygen atoms in total. The lowest BCUT2D eigenvalue weighted by Gasteiger charge is -2.11. The van der Waals surface area contributed by atoms with Gasteiger partial charge in [-0.1, -0.05) is 6.07 Å². The van der Waals surface area contributed by atoms with Crippen molar-refractivity contribution in [3.05, 3.63) is 34.3 Å². The fourth-order valence-corrected chi connectivity index (χ4v) is 1.15. The van der Waals surface area contributed by atoms with E-state index in [9.17, 15) is 9.18 Å². The zero-order valence-electron chi connectivity index (χ0n) is 8.78. The van der Waals surface area contributed by atoms with Crippen molar-refractivity contribution in [2.75, 3.05) is 14.2 Å². The summed E-state index contributed by atoms with van der Waals surface area (Å²) in [5.74, 6) is -1.75. The van der Waals surface area contributed by atoms with Crippen molar-refractivity contribution in [2.24, 2.45) is 0 Å². The van der Waals surface area contributed by atoms with E-state index in [2.05, 4.69) is 25.8 Å². The Kier molecular flexibility index (Phi) is 4.57. The fraction of sp³-hybridized carbons (Fsp3) is 0.200. The van der Waals surface area contributed by atoms with Gasteiger partial charge in [0.05, 0.1) is 7.11 Å². The Bertz CT molecular complexity index is 406. The topological polar surface area (TPSA) is 42.4 Å². The first-order valence-corrected chi connectivity index (χ1v) is 5.15. The Morgan fingerprint density at radius 1 is 1.62 bits per heavy atom. The second-order valence-electron chi connectivity index (χ2n) is 2.89. The van der Waals surface area contributed by atoms with Gasteiger partial charge >= 0.3 is 5.91 Å². The predicted octanol–water partition coefficient (Wildman–Crippen LogP) is 2.17. The molecule has 86 valence electrons. The molecule has 0 spiro atoms. The maximum absolute atomic E-state index is 13.4. The van der Waals surface area contributed by atoms with Gasteiger partial charge in [-0.05, 0) is 33.6 Å². The summed E-state index contributed by atoms with van der Waals surface area (Å²) in [6.45, 7) is 0. The van der Waals surface area contributed by atoms with E-state index < -0.39 is 11.7 Å². The predicted molar refractivity (Wildman–Crippen MR) is 60.8 cm³/mol. The third-order valence-corrected chi connectivity index (χ3v) is 2.28. The van der Waals surface area contributed by atoms with Gasteiger partial charge in [0.1, 0.15) is 4.60 Å². The molecule has 0 bridgehead atoms. The highest BCUT2D eigenvalue weighted by Crippen LogP contribution is 2.12. The van der Waals surface area contributed by atoms with Crippen LogP contribution in [-0.2, 0) is 9.63 Å². The molecule has 0 unspecified atom stereocenters. The summed E-state index contributed by atoms with van der Waals surface area (Å²) in [6.07, 6.45) is 2.54. The van der Waals surface area contributed by atoms with Crippen LogP contribution in [0.1, 0.15) is 5.56 Å². The molecule has 1 aromatic rings. The highest BCUT2D eigenvalue weighted by atomic mass is 79.9. The molecule has 1 aromatic heterocycles. The number of carbonyl (C=O) groups excluding carboxylic acids is 1. The fourth-order valence-electron chi connectivity index (χ4n) is 0.914. The molecule has 0 aliphatic carbocycles. The van der Waals surface area contributed by atoms with Crippen LogP contribution in [-0.4, -0.2) is 30.1 Å². The Labute approximate surface area is 101 Å². The van der Waals surface area contributed by atoms with Crippen LogP contribution in [0.25, 0.3) is 6.08 Å². The van der Waals surface area contributed by atoms with Crippen LogP contribution in [0.3, 0.4) is 0 Å². The van der Waals surface area contributed by atoms with Crippen molar-refractivity contribution in [3.8, 4) is 0 Å². The molecule has 1 heterocycles. The monoisotopic (exact) mass is 288 g/mol. The average Bonchev–Trinajstić information content (AvgIpc) is 2.30. The molecule has 0 saturated carbocycles. The molecule has 6 heteroatoms. The number of aromatic nitrogens is 1. The number of hydrogen-bond acceptors (Lipinski definition) is 3. The van der Waals surface area contributed by atoms with Crippen LogP contribution in [0, 0.1) is 0 Å². The molecule has 1 amide bonds.